The maximum atomic E-state index is 12.5. The highest BCUT2D eigenvalue weighted by Crippen LogP contribution is 2.33. The van der Waals surface area contributed by atoms with Crippen LogP contribution in [0.25, 0.3) is 0 Å². The molecule has 0 aliphatic carbocycles. The van der Waals surface area contributed by atoms with E-state index in [2.05, 4.69) is 10.2 Å². The number of amides is 1. The summed E-state index contributed by atoms with van der Waals surface area (Å²) in [5.41, 5.74) is 4.24. The van der Waals surface area contributed by atoms with Crippen molar-refractivity contribution in [1.29, 1.82) is 0 Å². The average molecular weight is 305 g/mol. The maximum absolute atomic E-state index is 12.5. The lowest BCUT2D eigenvalue weighted by molar-refractivity contribution is -0.141. The molecule has 0 saturated heterocycles. The van der Waals surface area contributed by atoms with Crippen LogP contribution in [-0.4, -0.2) is 24.8 Å². The summed E-state index contributed by atoms with van der Waals surface area (Å²) in [6.45, 7) is 5.23. The third-order valence-electron chi connectivity index (χ3n) is 3.89. The molecule has 6 heteroatoms. The SMILES string of the molecule is COC(=O)CC(C)C(=O)c1cc2c(cc1C)ONC(=O)C2C. The molecule has 0 fully saturated rings. The van der Waals surface area contributed by atoms with E-state index in [4.69, 9.17) is 4.84 Å². The molecule has 2 atom stereocenters. The molecule has 2 rings (SSSR count). The lowest BCUT2D eigenvalue weighted by Gasteiger charge is -2.24. The van der Waals surface area contributed by atoms with Crippen molar-refractivity contribution in [1.82, 2.24) is 5.48 Å². The summed E-state index contributed by atoms with van der Waals surface area (Å²) in [5.74, 6) is -1.17. The fourth-order valence-electron chi connectivity index (χ4n) is 2.42. The summed E-state index contributed by atoms with van der Waals surface area (Å²) in [6, 6.07) is 3.41. The molecule has 1 aromatic carbocycles. The Bertz CT molecular complexity index is 638. The van der Waals surface area contributed by atoms with Crippen LogP contribution in [-0.2, 0) is 14.3 Å². The molecule has 1 heterocycles. The average Bonchev–Trinajstić information content (AvgIpc) is 2.49. The van der Waals surface area contributed by atoms with Gasteiger partial charge in [0.1, 0.15) is 0 Å². The Hall–Kier alpha value is -2.37. The van der Waals surface area contributed by atoms with Crippen molar-refractivity contribution in [2.24, 2.45) is 5.92 Å². The van der Waals surface area contributed by atoms with Crippen molar-refractivity contribution in [3.63, 3.8) is 0 Å². The number of hydrogen-bond acceptors (Lipinski definition) is 5. The Morgan fingerprint density at radius 1 is 1.41 bits per heavy atom. The number of Topliss-reactive ketones (excluding diaryl/α,β-unsaturated/α-hetero) is 1. The quantitative estimate of drug-likeness (QED) is 0.678. The molecule has 0 aromatic heterocycles. The minimum Gasteiger partial charge on any atom is -0.469 e. The number of carbonyl (C=O) groups excluding carboxylic acids is 3. The zero-order valence-electron chi connectivity index (χ0n) is 13.1. The first-order chi connectivity index (χ1) is 10.3. The number of benzene rings is 1. The van der Waals surface area contributed by atoms with Crippen molar-refractivity contribution in [2.75, 3.05) is 7.11 Å². The molecular formula is C16H19NO5. The third kappa shape index (κ3) is 2.95. The molecule has 1 amide bonds. The van der Waals surface area contributed by atoms with Gasteiger partial charge in [0.05, 0.1) is 19.4 Å². The Morgan fingerprint density at radius 3 is 2.73 bits per heavy atom. The molecule has 22 heavy (non-hydrogen) atoms. The van der Waals surface area contributed by atoms with Crippen molar-refractivity contribution in [2.45, 2.75) is 33.1 Å². The van der Waals surface area contributed by atoms with E-state index in [9.17, 15) is 14.4 Å². The molecule has 0 radical (unpaired) electrons. The van der Waals surface area contributed by atoms with Crippen molar-refractivity contribution >= 4 is 17.7 Å². The molecule has 1 aromatic rings. The molecule has 2 unspecified atom stereocenters. The monoisotopic (exact) mass is 305 g/mol. The van der Waals surface area contributed by atoms with Gasteiger partial charge in [-0.2, -0.15) is 5.48 Å². The summed E-state index contributed by atoms with van der Waals surface area (Å²) in [7, 11) is 1.29. The van der Waals surface area contributed by atoms with E-state index in [1.807, 2.05) is 0 Å². The van der Waals surface area contributed by atoms with E-state index in [0.717, 1.165) is 5.56 Å². The van der Waals surface area contributed by atoms with Crippen LogP contribution in [0.3, 0.4) is 0 Å². The number of ketones is 1. The second-order valence-corrected chi connectivity index (χ2v) is 5.54. The number of methoxy groups -OCH3 is 1. The van der Waals surface area contributed by atoms with Crippen LogP contribution in [0, 0.1) is 12.8 Å². The van der Waals surface area contributed by atoms with E-state index < -0.39 is 17.8 Å². The van der Waals surface area contributed by atoms with E-state index in [-0.39, 0.29) is 18.1 Å². The number of hydroxylamine groups is 1. The minimum absolute atomic E-state index is 0.0262. The van der Waals surface area contributed by atoms with Gasteiger partial charge in [0.15, 0.2) is 11.5 Å². The summed E-state index contributed by atoms with van der Waals surface area (Å²) in [5, 5.41) is 0. The second-order valence-electron chi connectivity index (χ2n) is 5.54. The molecule has 1 aliphatic heterocycles. The van der Waals surface area contributed by atoms with Crippen LogP contribution < -0.4 is 10.3 Å². The molecule has 6 nitrogen and oxygen atoms in total. The third-order valence-corrected chi connectivity index (χ3v) is 3.89. The highest BCUT2D eigenvalue weighted by Gasteiger charge is 2.28. The number of aryl methyl sites for hydroxylation is 1. The Balaban J connectivity index is 2.34. The van der Waals surface area contributed by atoms with Crippen molar-refractivity contribution in [3.8, 4) is 5.75 Å². The number of rotatable bonds is 4. The number of fused-ring (bicyclic) bond motifs is 1. The van der Waals surface area contributed by atoms with Crippen LogP contribution in [0.2, 0.25) is 0 Å². The standard InChI is InChI=1S/C16H19NO5/c1-8-5-13-12(10(3)16(20)17-22-13)7-11(8)15(19)9(2)6-14(18)21-4/h5,7,9-10H,6H2,1-4H3,(H,17,20). The summed E-state index contributed by atoms with van der Waals surface area (Å²) < 4.78 is 4.59. The smallest absolute Gasteiger partial charge is 0.306 e. The largest absolute Gasteiger partial charge is 0.469 e. The highest BCUT2D eigenvalue weighted by molar-refractivity contribution is 6.01. The number of ether oxygens (including phenoxy) is 1. The Kier molecular flexibility index (Phi) is 4.49. The number of carbonyl (C=O) groups is 3. The Labute approximate surface area is 128 Å². The lowest BCUT2D eigenvalue weighted by atomic mass is 9.88. The van der Waals surface area contributed by atoms with Gasteiger partial charge >= 0.3 is 5.97 Å². The van der Waals surface area contributed by atoms with Crippen LogP contribution >= 0.6 is 0 Å². The lowest BCUT2D eigenvalue weighted by Crippen LogP contribution is -2.36. The molecule has 0 spiro atoms. The second kappa shape index (κ2) is 6.17. The van der Waals surface area contributed by atoms with Gasteiger partial charge in [-0.05, 0) is 31.5 Å². The van der Waals surface area contributed by atoms with E-state index in [1.54, 1.807) is 32.9 Å². The van der Waals surface area contributed by atoms with Gasteiger partial charge in [-0.3, -0.25) is 14.4 Å². The van der Waals surface area contributed by atoms with Crippen LogP contribution in [0.1, 0.15) is 47.7 Å². The van der Waals surface area contributed by atoms with Crippen LogP contribution in [0.4, 0.5) is 0 Å². The van der Waals surface area contributed by atoms with Gasteiger partial charge in [0.2, 0.25) is 0 Å². The van der Waals surface area contributed by atoms with Crippen molar-refractivity contribution in [3.05, 3.63) is 28.8 Å². The normalized spacial score (nSPS) is 17.8. The molecule has 118 valence electrons. The highest BCUT2D eigenvalue weighted by atomic mass is 16.7. The minimum atomic E-state index is -0.488. The molecule has 0 saturated carbocycles. The maximum Gasteiger partial charge on any atom is 0.306 e. The molecule has 1 aliphatic rings. The zero-order chi connectivity index (χ0) is 16.4. The number of nitrogens with one attached hydrogen (secondary N) is 1. The number of esters is 1. The first kappa shape index (κ1) is 16.0. The fourth-order valence-corrected chi connectivity index (χ4v) is 2.42. The summed E-state index contributed by atoms with van der Waals surface area (Å²) >= 11 is 0. The zero-order valence-corrected chi connectivity index (χ0v) is 13.1. The number of hydrogen-bond donors (Lipinski definition) is 1. The van der Waals surface area contributed by atoms with Crippen LogP contribution in [0.15, 0.2) is 12.1 Å². The van der Waals surface area contributed by atoms with Gasteiger partial charge < -0.3 is 9.57 Å². The van der Waals surface area contributed by atoms with Gasteiger partial charge in [0.25, 0.3) is 5.91 Å². The first-order valence-electron chi connectivity index (χ1n) is 7.07. The summed E-state index contributed by atoms with van der Waals surface area (Å²) in [4.78, 5) is 40.7. The predicted octanol–water partition coefficient (Wildman–Crippen LogP) is 1.90. The van der Waals surface area contributed by atoms with Gasteiger partial charge in [-0.15, -0.1) is 0 Å². The first-order valence-corrected chi connectivity index (χ1v) is 7.07. The van der Waals surface area contributed by atoms with E-state index in [0.29, 0.717) is 16.9 Å². The van der Waals surface area contributed by atoms with Gasteiger partial charge in [-0.25, -0.2) is 0 Å². The summed E-state index contributed by atoms with van der Waals surface area (Å²) in [6.07, 6.45) is 0.0262. The van der Waals surface area contributed by atoms with Gasteiger partial charge in [0, 0.05) is 17.0 Å². The topological polar surface area (TPSA) is 81.7 Å². The molecule has 1 N–H and O–H groups in total. The van der Waals surface area contributed by atoms with Gasteiger partial charge in [-0.1, -0.05) is 6.92 Å². The predicted molar refractivity (Wildman–Crippen MR) is 78.5 cm³/mol. The fraction of sp³-hybridized carbons (Fsp3) is 0.438. The Morgan fingerprint density at radius 2 is 2.09 bits per heavy atom. The van der Waals surface area contributed by atoms with E-state index in [1.165, 1.54) is 7.11 Å². The molecular weight excluding hydrogens is 286 g/mol. The van der Waals surface area contributed by atoms with Crippen molar-refractivity contribution < 1.29 is 24.0 Å². The molecule has 0 bridgehead atoms. The van der Waals surface area contributed by atoms with Crippen LogP contribution in [0.5, 0.6) is 5.75 Å². The van der Waals surface area contributed by atoms with E-state index >= 15 is 0 Å².